The van der Waals surface area contributed by atoms with Crippen molar-refractivity contribution in [2.24, 2.45) is 10.8 Å². The van der Waals surface area contributed by atoms with Gasteiger partial charge in [-0.15, -0.1) is 0 Å². The fourth-order valence-electron chi connectivity index (χ4n) is 4.03. The summed E-state index contributed by atoms with van der Waals surface area (Å²) in [6.45, 7) is 1.19. The molecule has 3 aliphatic rings. The van der Waals surface area contributed by atoms with E-state index in [4.69, 9.17) is 11.6 Å². The second-order valence-corrected chi connectivity index (χ2v) is 6.24. The largest absolute Gasteiger partial charge is 0.319 e. The van der Waals surface area contributed by atoms with Gasteiger partial charge in [-0.1, -0.05) is 29.8 Å². The van der Waals surface area contributed by atoms with E-state index in [9.17, 15) is 0 Å². The molecule has 3 aliphatic carbocycles. The second-order valence-electron chi connectivity index (χ2n) is 5.83. The summed E-state index contributed by atoms with van der Waals surface area (Å²) in [6, 6.07) is 8.28. The van der Waals surface area contributed by atoms with Gasteiger partial charge in [0, 0.05) is 11.6 Å². The standard InChI is InChI=1S/C14H18ClN/c1-16-10-14-7-13(8-14,9-14)6-11-4-2-3-5-12(11)15/h2-5,16H,6-10H2,1H3. The first-order chi connectivity index (χ1) is 7.67. The van der Waals surface area contributed by atoms with Crippen molar-refractivity contribution in [2.45, 2.75) is 25.7 Å². The van der Waals surface area contributed by atoms with Gasteiger partial charge in [0.25, 0.3) is 0 Å². The van der Waals surface area contributed by atoms with Crippen LogP contribution in [0.2, 0.25) is 5.02 Å². The molecule has 3 saturated carbocycles. The minimum absolute atomic E-state index is 0.599. The first-order valence-corrected chi connectivity index (χ1v) is 6.43. The quantitative estimate of drug-likeness (QED) is 0.845. The molecule has 16 heavy (non-hydrogen) atoms. The van der Waals surface area contributed by atoms with Crippen LogP contribution in [0, 0.1) is 10.8 Å². The number of rotatable bonds is 4. The summed E-state index contributed by atoms with van der Waals surface area (Å²) >= 11 is 6.21. The van der Waals surface area contributed by atoms with Crippen LogP contribution in [0.3, 0.4) is 0 Å². The Morgan fingerprint density at radius 1 is 1.19 bits per heavy atom. The third kappa shape index (κ3) is 1.49. The molecule has 0 unspecified atom stereocenters. The fourth-order valence-corrected chi connectivity index (χ4v) is 4.23. The summed E-state index contributed by atoms with van der Waals surface area (Å²) in [7, 11) is 2.06. The van der Waals surface area contributed by atoms with E-state index >= 15 is 0 Å². The smallest absolute Gasteiger partial charge is 0.0438 e. The van der Waals surface area contributed by atoms with Crippen molar-refractivity contribution < 1.29 is 0 Å². The molecule has 0 aliphatic heterocycles. The molecule has 0 radical (unpaired) electrons. The maximum absolute atomic E-state index is 6.21. The lowest BCUT2D eigenvalue weighted by molar-refractivity contribution is -0.198. The fraction of sp³-hybridized carbons (Fsp3) is 0.571. The van der Waals surface area contributed by atoms with Crippen molar-refractivity contribution in [3.8, 4) is 0 Å². The van der Waals surface area contributed by atoms with Gasteiger partial charge in [-0.3, -0.25) is 0 Å². The predicted octanol–water partition coefficient (Wildman–Crippen LogP) is 3.27. The number of nitrogens with one attached hydrogen (secondary N) is 1. The molecule has 0 atom stereocenters. The van der Waals surface area contributed by atoms with Crippen LogP contribution in [0.15, 0.2) is 24.3 Å². The van der Waals surface area contributed by atoms with Gasteiger partial charge >= 0.3 is 0 Å². The Kier molecular flexibility index (Phi) is 2.31. The summed E-state index contributed by atoms with van der Waals surface area (Å²) in [5, 5.41) is 4.25. The molecular weight excluding hydrogens is 218 g/mol. The van der Waals surface area contributed by atoms with Gasteiger partial charge < -0.3 is 5.32 Å². The van der Waals surface area contributed by atoms with Crippen molar-refractivity contribution >= 4 is 11.6 Å². The average molecular weight is 236 g/mol. The first kappa shape index (κ1) is 10.6. The van der Waals surface area contributed by atoms with Crippen molar-refractivity contribution in [1.29, 1.82) is 0 Å². The maximum Gasteiger partial charge on any atom is 0.0438 e. The van der Waals surface area contributed by atoms with Crippen molar-refractivity contribution in [3.63, 3.8) is 0 Å². The number of halogens is 1. The van der Waals surface area contributed by atoms with E-state index in [0.29, 0.717) is 10.8 Å². The van der Waals surface area contributed by atoms with Gasteiger partial charge in [-0.25, -0.2) is 0 Å². The van der Waals surface area contributed by atoms with Gasteiger partial charge in [0.1, 0.15) is 0 Å². The molecule has 2 heteroatoms. The topological polar surface area (TPSA) is 12.0 Å². The molecule has 1 nitrogen and oxygen atoms in total. The molecule has 4 rings (SSSR count). The van der Waals surface area contributed by atoms with Crippen LogP contribution in [0.4, 0.5) is 0 Å². The molecule has 1 aromatic carbocycles. The molecule has 0 spiro atoms. The average Bonchev–Trinajstić information content (AvgIpc) is 2.16. The molecule has 2 bridgehead atoms. The van der Waals surface area contributed by atoms with E-state index in [1.807, 2.05) is 12.1 Å². The molecule has 3 fully saturated rings. The van der Waals surface area contributed by atoms with Crippen LogP contribution in [-0.2, 0) is 6.42 Å². The van der Waals surface area contributed by atoms with E-state index in [-0.39, 0.29) is 0 Å². The zero-order valence-electron chi connectivity index (χ0n) is 9.72. The lowest BCUT2D eigenvalue weighted by Gasteiger charge is -2.71. The summed E-state index contributed by atoms with van der Waals surface area (Å²) < 4.78 is 0. The molecule has 0 amide bonds. The minimum atomic E-state index is 0.599. The first-order valence-electron chi connectivity index (χ1n) is 6.05. The third-order valence-corrected chi connectivity index (χ3v) is 4.69. The predicted molar refractivity (Wildman–Crippen MR) is 67.8 cm³/mol. The van der Waals surface area contributed by atoms with Gasteiger partial charge in [-0.2, -0.15) is 0 Å². The van der Waals surface area contributed by atoms with Crippen LogP contribution in [-0.4, -0.2) is 13.6 Å². The zero-order valence-corrected chi connectivity index (χ0v) is 10.5. The van der Waals surface area contributed by atoms with Gasteiger partial charge in [0.15, 0.2) is 0 Å². The SMILES string of the molecule is CNCC12CC(Cc3ccccc3Cl)(C1)C2. The van der Waals surface area contributed by atoms with Crippen LogP contribution < -0.4 is 5.32 Å². The normalized spacial score (nSPS) is 35.4. The minimum Gasteiger partial charge on any atom is -0.319 e. The Bertz CT molecular complexity index is 393. The monoisotopic (exact) mass is 235 g/mol. The van der Waals surface area contributed by atoms with E-state index in [2.05, 4.69) is 24.5 Å². The highest BCUT2D eigenvalue weighted by molar-refractivity contribution is 6.31. The summed E-state index contributed by atoms with van der Waals surface area (Å²) in [6.07, 6.45) is 5.36. The van der Waals surface area contributed by atoms with Crippen LogP contribution in [0.5, 0.6) is 0 Å². The molecule has 0 aromatic heterocycles. The highest BCUT2D eigenvalue weighted by Gasteiger charge is 2.66. The Labute approximate surface area is 102 Å². The van der Waals surface area contributed by atoms with Crippen molar-refractivity contribution in [2.75, 3.05) is 13.6 Å². The van der Waals surface area contributed by atoms with Crippen LogP contribution in [0.1, 0.15) is 24.8 Å². The van der Waals surface area contributed by atoms with Gasteiger partial charge in [0.05, 0.1) is 0 Å². The second kappa shape index (κ2) is 3.48. The van der Waals surface area contributed by atoms with Crippen LogP contribution in [0.25, 0.3) is 0 Å². The summed E-state index contributed by atoms with van der Waals surface area (Å²) in [5.74, 6) is 0. The number of hydrogen-bond acceptors (Lipinski definition) is 1. The van der Waals surface area contributed by atoms with Crippen LogP contribution >= 0.6 is 11.6 Å². The van der Waals surface area contributed by atoms with E-state index in [1.54, 1.807) is 0 Å². The third-order valence-electron chi connectivity index (χ3n) is 4.33. The van der Waals surface area contributed by atoms with Gasteiger partial charge in [0.2, 0.25) is 0 Å². The Hall–Kier alpha value is -0.530. The van der Waals surface area contributed by atoms with E-state index in [1.165, 1.54) is 37.8 Å². The van der Waals surface area contributed by atoms with Crippen molar-refractivity contribution in [1.82, 2.24) is 5.32 Å². The molecular formula is C14H18ClN. The van der Waals surface area contributed by atoms with Crippen molar-refractivity contribution in [3.05, 3.63) is 34.9 Å². The molecule has 0 heterocycles. The van der Waals surface area contributed by atoms with Gasteiger partial charge in [-0.05, 0) is 55.2 Å². The zero-order chi connectivity index (χ0) is 11.2. The Morgan fingerprint density at radius 2 is 1.88 bits per heavy atom. The van der Waals surface area contributed by atoms with E-state index in [0.717, 1.165) is 5.02 Å². The molecule has 0 saturated heterocycles. The highest BCUT2D eigenvalue weighted by Crippen LogP contribution is 2.74. The Morgan fingerprint density at radius 3 is 2.50 bits per heavy atom. The lowest BCUT2D eigenvalue weighted by atomic mass is 9.34. The number of benzene rings is 1. The Balaban J connectivity index is 1.65. The molecule has 86 valence electrons. The lowest BCUT2D eigenvalue weighted by Crippen LogP contribution is -2.65. The van der Waals surface area contributed by atoms with E-state index < -0.39 is 0 Å². The summed E-state index contributed by atoms with van der Waals surface area (Å²) in [5.41, 5.74) is 2.58. The highest BCUT2D eigenvalue weighted by atomic mass is 35.5. The molecule has 1 aromatic rings. The number of hydrogen-bond donors (Lipinski definition) is 1. The summed E-state index contributed by atoms with van der Waals surface area (Å²) in [4.78, 5) is 0. The maximum atomic E-state index is 6.21. The molecule has 1 N–H and O–H groups in total.